The molecule has 8 heteroatoms. The normalized spacial score (nSPS) is 18.5. The average Bonchev–Trinajstić information content (AvgIpc) is 3.21. The Hall–Kier alpha value is -0.900. The predicted octanol–water partition coefficient (Wildman–Crippen LogP) is 1.36. The Morgan fingerprint density at radius 3 is 2.83 bits per heavy atom. The topological polar surface area (TPSA) is 70.4 Å². The number of guanidine groups is 1. The molecular weight excluding hydrogens is 417 g/mol. The summed E-state index contributed by atoms with van der Waals surface area (Å²) in [5, 5.41) is 14.8. The number of aryl methyl sites for hydroxylation is 1. The van der Waals surface area contributed by atoms with Gasteiger partial charge in [-0.25, -0.2) is 0 Å². The van der Waals surface area contributed by atoms with Gasteiger partial charge in [-0.05, 0) is 32.4 Å². The van der Waals surface area contributed by atoms with E-state index in [9.17, 15) is 0 Å². The molecule has 1 aliphatic rings. The molecule has 1 aromatic heterocycles. The Morgan fingerprint density at radius 1 is 1.33 bits per heavy atom. The summed E-state index contributed by atoms with van der Waals surface area (Å²) in [6.07, 6.45) is 3.96. The van der Waals surface area contributed by atoms with Crippen molar-refractivity contribution in [3.05, 3.63) is 12.2 Å². The summed E-state index contributed by atoms with van der Waals surface area (Å²) in [5.74, 6) is 2.63. The van der Waals surface area contributed by atoms with Crippen LogP contribution in [0.2, 0.25) is 0 Å². The maximum Gasteiger partial charge on any atom is 0.191 e. The van der Waals surface area contributed by atoms with E-state index >= 15 is 0 Å². The largest absolute Gasteiger partial charge is 0.357 e. The van der Waals surface area contributed by atoms with Crippen LogP contribution in [0.15, 0.2) is 11.3 Å². The highest BCUT2D eigenvalue weighted by molar-refractivity contribution is 14.0. The lowest BCUT2D eigenvalue weighted by molar-refractivity contribution is 0.343. The minimum Gasteiger partial charge on any atom is -0.357 e. The third kappa shape index (κ3) is 6.54. The molecule has 1 fully saturated rings. The van der Waals surface area contributed by atoms with E-state index in [0.717, 1.165) is 50.9 Å². The van der Waals surface area contributed by atoms with E-state index in [-0.39, 0.29) is 24.0 Å². The highest BCUT2D eigenvalue weighted by Crippen LogP contribution is 2.15. The second-order valence-electron chi connectivity index (χ2n) is 5.99. The smallest absolute Gasteiger partial charge is 0.191 e. The molecule has 1 saturated heterocycles. The number of hydrogen-bond donors (Lipinski definition) is 2. The molecule has 1 atom stereocenters. The second kappa shape index (κ2) is 11.6. The van der Waals surface area contributed by atoms with Crippen LogP contribution in [-0.4, -0.2) is 64.9 Å². The molecule has 0 aliphatic carbocycles. The maximum atomic E-state index is 4.75. The molecule has 138 valence electrons. The lowest BCUT2D eigenvalue weighted by Crippen LogP contribution is -2.39. The molecule has 0 aromatic carbocycles. The number of hydrogen-bond acceptors (Lipinski definition) is 4. The molecule has 0 spiro atoms. The van der Waals surface area contributed by atoms with Gasteiger partial charge in [-0.1, -0.05) is 13.8 Å². The number of likely N-dealkylation sites (tertiary alicyclic amines) is 1. The van der Waals surface area contributed by atoms with Crippen LogP contribution in [0.1, 0.15) is 33.0 Å². The molecule has 2 N–H and O–H groups in total. The molecule has 0 bridgehead atoms. The van der Waals surface area contributed by atoms with Crippen LogP contribution in [0.4, 0.5) is 0 Å². The molecule has 0 amide bonds. The molecule has 2 heterocycles. The first kappa shape index (κ1) is 21.1. The van der Waals surface area contributed by atoms with Crippen molar-refractivity contribution in [3.63, 3.8) is 0 Å². The number of halogens is 1. The van der Waals surface area contributed by atoms with Gasteiger partial charge in [-0.3, -0.25) is 4.99 Å². The van der Waals surface area contributed by atoms with Crippen molar-refractivity contribution < 1.29 is 0 Å². The van der Waals surface area contributed by atoms with E-state index < -0.39 is 0 Å². The summed E-state index contributed by atoms with van der Waals surface area (Å²) in [7, 11) is 0. The van der Waals surface area contributed by atoms with Crippen molar-refractivity contribution >= 4 is 29.9 Å². The Morgan fingerprint density at radius 2 is 2.17 bits per heavy atom. The van der Waals surface area contributed by atoms with Crippen LogP contribution in [0.5, 0.6) is 0 Å². The third-order valence-electron chi connectivity index (χ3n) is 4.33. The van der Waals surface area contributed by atoms with Crippen molar-refractivity contribution in [1.29, 1.82) is 0 Å². The first-order chi connectivity index (χ1) is 11.3. The Bertz CT molecular complexity index is 489. The van der Waals surface area contributed by atoms with Crippen LogP contribution < -0.4 is 10.6 Å². The maximum absolute atomic E-state index is 4.75. The summed E-state index contributed by atoms with van der Waals surface area (Å²) in [4.78, 5) is 7.25. The van der Waals surface area contributed by atoms with Crippen LogP contribution in [0.3, 0.4) is 0 Å². The van der Waals surface area contributed by atoms with Crippen molar-refractivity contribution in [3.8, 4) is 0 Å². The lowest BCUT2D eigenvalue weighted by atomic mass is 10.1. The van der Waals surface area contributed by atoms with Crippen LogP contribution in [0, 0.1) is 5.92 Å². The SMILES string of the molecule is CCNC(=NCC1CCN(CC)C1)NCCn1cnnc1CC.I. The van der Waals surface area contributed by atoms with Gasteiger partial charge in [-0.2, -0.15) is 0 Å². The van der Waals surface area contributed by atoms with Gasteiger partial charge in [0.1, 0.15) is 12.2 Å². The van der Waals surface area contributed by atoms with Crippen molar-refractivity contribution in [2.24, 2.45) is 10.9 Å². The van der Waals surface area contributed by atoms with Gasteiger partial charge in [0.25, 0.3) is 0 Å². The van der Waals surface area contributed by atoms with E-state index in [1.54, 1.807) is 6.33 Å². The Kier molecular flexibility index (Phi) is 10.2. The molecule has 24 heavy (non-hydrogen) atoms. The molecule has 1 aromatic rings. The molecular formula is C16H32IN7. The summed E-state index contributed by atoms with van der Waals surface area (Å²) >= 11 is 0. The second-order valence-corrected chi connectivity index (χ2v) is 5.99. The molecule has 0 radical (unpaired) electrons. The molecule has 2 rings (SSSR count). The monoisotopic (exact) mass is 449 g/mol. The van der Waals surface area contributed by atoms with Crippen molar-refractivity contribution in [1.82, 2.24) is 30.3 Å². The fourth-order valence-electron chi connectivity index (χ4n) is 2.95. The minimum absolute atomic E-state index is 0. The lowest BCUT2D eigenvalue weighted by Gasteiger charge is -2.14. The zero-order valence-electron chi connectivity index (χ0n) is 15.2. The van der Waals surface area contributed by atoms with E-state index in [4.69, 9.17) is 4.99 Å². The number of nitrogens with zero attached hydrogens (tertiary/aromatic N) is 5. The molecule has 1 unspecified atom stereocenters. The van der Waals surface area contributed by atoms with Crippen LogP contribution in [0.25, 0.3) is 0 Å². The van der Waals surface area contributed by atoms with E-state index in [2.05, 4.69) is 51.1 Å². The highest BCUT2D eigenvalue weighted by atomic mass is 127. The summed E-state index contributed by atoms with van der Waals surface area (Å²) < 4.78 is 2.09. The van der Waals surface area contributed by atoms with Gasteiger partial charge in [0.2, 0.25) is 0 Å². The first-order valence-corrected chi connectivity index (χ1v) is 8.88. The summed E-state index contributed by atoms with van der Waals surface area (Å²) in [5.41, 5.74) is 0. The predicted molar refractivity (Wildman–Crippen MR) is 109 cm³/mol. The number of rotatable bonds is 8. The zero-order chi connectivity index (χ0) is 16.5. The van der Waals surface area contributed by atoms with E-state index in [0.29, 0.717) is 5.92 Å². The van der Waals surface area contributed by atoms with Gasteiger partial charge >= 0.3 is 0 Å². The molecule has 1 aliphatic heterocycles. The van der Waals surface area contributed by atoms with E-state index in [1.165, 1.54) is 19.5 Å². The van der Waals surface area contributed by atoms with E-state index in [1.807, 2.05) is 0 Å². The Labute approximate surface area is 162 Å². The fraction of sp³-hybridized carbons (Fsp3) is 0.812. The van der Waals surface area contributed by atoms with Gasteiger partial charge in [0.05, 0.1) is 0 Å². The molecule has 0 saturated carbocycles. The van der Waals surface area contributed by atoms with Crippen molar-refractivity contribution in [2.75, 3.05) is 39.3 Å². The number of nitrogens with one attached hydrogen (secondary N) is 2. The standard InChI is InChI=1S/C16H31N7.HI/c1-4-15-21-20-13-23(15)10-8-18-16(17-5-2)19-11-14-7-9-22(6-3)12-14;/h13-14H,4-12H2,1-3H3,(H2,17,18,19);1H. The summed E-state index contributed by atoms with van der Waals surface area (Å²) in [6.45, 7) is 13.4. The summed E-state index contributed by atoms with van der Waals surface area (Å²) in [6, 6.07) is 0. The average molecular weight is 449 g/mol. The van der Waals surface area contributed by atoms with Gasteiger partial charge in [0.15, 0.2) is 5.96 Å². The van der Waals surface area contributed by atoms with Gasteiger partial charge in [-0.15, -0.1) is 34.2 Å². The third-order valence-corrected chi connectivity index (χ3v) is 4.33. The highest BCUT2D eigenvalue weighted by Gasteiger charge is 2.20. The van der Waals surface area contributed by atoms with Crippen molar-refractivity contribution in [2.45, 2.75) is 40.2 Å². The van der Waals surface area contributed by atoms with Gasteiger partial charge < -0.3 is 20.1 Å². The first-order valence-electron chi connectivity index (χ1n) is 8.88. The minimum atomic E-state index is 0. The number of aliphatic imine (C=N–C) groups is 1. The quantitative estimate of drug-likeness (QED) is 0.356. The zero-order valence-corrected chi connectivity index (χ0v) is 17.5. The van der Waals surface area contributed by atoms with Crippen LogP contribution in [-0.2, 0) is 13.0 Å². The fourth-order valence-corrected chi connectivity index (χ4v) is 2.95. The van der Waals surface area contributed by atoms with Crippen LogP contribution >= 0.6 is 24.0 Å². The Balaban J connectivity index is 0.00000288. The van der Waals surface area contributed by atoms with Gasteiger partial charge in [0, 0.05) is 39.1 Å². The number of aromatic nitrogens is 3. The molecule has 7 nitrogen and oxygen atoms in total.